The molecule has 0 radical (unpaired) electrons. The molecule has 0 amide bonds. The first-order valence-corrected chi connectivity index (χ1v) is 3.44. The molecule has 0 saturated heterocycles. The summed E-state index contributed by atoms with van der Waals surface area (Å²) in [7, 11) is 0. The first kappa shape index (κ1) is 8.72. The summed E-state index contributed by atoms with van der Waals surface area (Å²) in [6, 6.07) is 0. The summed E-state index contributed by atoms with van der Waals surface area (Å²) in [6.07, 6.45) is 0.142. The zero-order valence-corrected chi connectivity index (χ0v) is 6.34. The molecule has 1 aliphatic heterocycles. The highest BCUT2D eigenvalue weighted by Gasteiger charge is 2.35. The molecule has 0 fully saturated rings. The lowest BCUT2D eigenvalue weighted by Gasteiger charge is -2.15. The lowest BCUT2D eigenvalue weighted by atomic mass is 10.0. The summed E-state index contributed by atoms with van der Waals surface area (Å²) in [6.45, 7) is 0.311. The number of hydrogen-bond acceptors (Lipinski definition) is 6. The van der Waals surface area contributed by atoms with E-state index in [1.54, 1.807) is 0 Å². The van der Waals surface area contributed by atoms with E-state index in [1.807, 2.05) is 0 Å². The molecule has 0 unspecified atom stereocenters. The highest BCUT2D eigenvalue weighted by molar-refractivity contribution is 5.68. The zero-order chi connectivity index (χ0) is 9.03. The van der Waals surface area contributed by atoms with Gasteiger partial charge in [0.1, 0.15) is 0 Å². The van der Waals surface area contributed by atoms with Crippen LogP contribution in [-0.2, 0) is 4.79 Å². The Kier molecular flexibility index (Phi) is 2.44. The van der Waals surface area contributed by atoms with Gasteiger partial charge in [-0.3, -0.25) is 4.79 Å². The van der Waals surface area contributed by atoms with Gasteiger partial charge in [-0.25, -0.2) is 0 Å². The number of carboxylic acid groups (broad SMARTS) is 1. The predicted octanol–water partition coefficient (Wildman–Crippen LogP) is 0.339. The third-order valence-electron chi connectivity index (χ3n) is 1.48. The molecule has 1 aliphatic rings. The summed E-state index contributed by atoms with van der Waals surface area (Å²) < 4.78 is 0. The molecule has 0 aromatic heterocycles. The Balaban J connectivity index is 2.66. The van der Waals surface area contributed by atoms with Gasteiger partial charge >= 0.3 is 5.97 Å². The van der Waals surface area contributed by atoms with E-state index >= 15 is 0 Å². The van der Waals surface area contributed by atoms with Crippen molar-refractivity contribution in [3.8, 4) is 0 Å². The molecule has 0 saturated carbocycles. The van der Waals surface area contributed by atoms with Crippen molar-refractivity contribution in [1.29, 1.82) is 0 Å². The molecule has 66 valence electrons. The van der Waals surface area contributed by atoms with Crippen LogP contribution >= 0.6 is 0 Å². The molecule has 7 nitrogen and oxygen atoms in total. The van der Waals surface area contributed by atoms with E-state index in [9.17, 15) is 4.79 Å². The lowest BCUT2D eigenvalue weighted by molar-refractivity contribution is -0.138. The number of hydrogen-bond donors (Lipinski definition) is 2. The second-order valence-electron chi connectivity index (χ2n) is 2.47. The molecule has 0 aromatic rings. The first-order chi connectivity index (χ1) is 5.68. The summed E-state index contributed by atoms with van der Waals surface area (Å²) in [5.41, 5.74) is 4.23. The Labute approximate surface area is 68.4 Å². The molecule has 3 N–H and O–H groups in total. The minimum atomic E-state index is -1.04. The van der Waals surface area contributed by atoms with Gasteiger partial charge in [0.2, 0.25) is 5.66 Å². The maximum Gasteiger partial charge on any atom is 0.307 e. The van der Waals surface area contributed by atoms with Gasteiger partial charge in [-0.05, 0) is 17.0 Å². The van der Waals surface area contributed by atoms with Crippen LogP contribution in [0, 0.1) is 0 Å². The van der Waals surface area contributed by atoms with E-state index in [-0.39, 0.29) is 6.42 Å². The average molecular weight is 171 g/mol. The average Bonchev–Trinajstić information content (AvgIpc) is 2.36. The summed E-state index contributed by atoms with van der Waals surface area (Å²) >= 11 is 0. The summed E-state index contributed by atoms with van der Waals surface area (Å²) in [5.74, 6) is -0.983. The molecule has 1 heterocycles. The van der Waals surface area contributed by atoms with Crippen molar-refractivity contribution in [2.24, 2.45) is 26.4 Å². The van der Waals surface area contributed by atoms with Crippen LogP contribution in [0.2, 0.25) is 0 Å². The van der Waals surface area contributed by atoms with E-state index in [0.29, 0.717) is 13.0 Å². The Morgan fingerprint density at radius 2 is 2.00 bits per heavy atom. The number of carbonyl (C=O) groups is 1. The second-order valence-corrected chi connectivity index (χ2v) is 2.47. The molecule has 1 rings (SSSR count). The fourth-order valence-corrected chi connectivity index (χ4v) is 0.959. The van der Waals surface area contributed by atoms with E-state index in [4.69, 9.17) is 10.8 Å². The quantitative estimate of drug-likeness (QED) is 0.635. The van der Waals surface area contributed by atoms with Crippen LogP contribution in [0.4, 0.5) is 0 Å². The molecule has 12 heavy (non-hydrogen) atoms. The largest absolute Gasteiger partial charge is 0.481 e. The van der Waals surface area contributed by atoms with Crippen molar-refractivity contribution >= 4 is 5.97 Å². The standard InChI is InChI=1S/C5H9N5O2/c6-2-1-5(3-4(11)12)7-9-10-8-5/h1-3,6H2,(H,11,12). The molecule has 0 spiro atoms. The van der Waals surface area contributed by atoms with Crippen LogP contribution in [0.25, 0.3) is 0 Å². The van der Waals surface area contributed by atoms with Gasteiger partial charge in [0.15, 0.2) is 0 Å². The molecule has 0 atom stereocenters. The Hall–Kier alpha value is -1.37. The van der Waals surface area contributed by atoms with Crippen molar-refractivity contribution in [1.82, 2.24) is 0 Å². The van der Waals surface area contributed by atoms with Gasteiger partial charge in [-0.15, -0.1) is 10.2 Å². The van der Waals surface area contributed by atoms with E-state index in [0.717, 1.165) is 0 Å². The maximum absolute atomic E-state index is 10.4. The zero-order valence-electron chi connectivity index (χ0n) is 6.34. The van der Waals surface area contributed by atoms with Crippen LogP contribution < -0.4 is 5.73 Å². The predicted molar refractivity (Wildman–Crippen MR) is 38.4 cm³/mol. The smallest absolute Gasteiger partial charge is 0.307 e. The van der Waals surface area contributed by atoms with Crippen molar-refractivity contribution in [2.75, 3.05) is 6.54 Å². The number of rotatable bonds is 4. The van der Waals surface area contributed by atoms with Crippen LogP contribution in [0.1, 0.15) is 12.8 Å². The van der Waals surface area contributed by atoms with Crippen LogP contribution in [0.15, 0.2) is 20.7 Å². The highest BCUT2D eigenvalue weighted by atomic mass is 16.4. The van der Waals surface area contributed by atoms with Gasteiger partial charge in [0.05, 0.1) is 6.42 Å². The Bertz CT molecular complexity index is 224. The van der Waals surface area contributed by atoms with Gasteiger partial charge in [-0.1, -0.05) is 0 Å². The van der Waals surface area contributed by atoms with Crippen molar-refractivity contribution in [3.05, 3.63) is 0 Å². The molecule has 0 aromatic carbocycles. The fraction of sp³-hybridized carbons (Fsp3) is 0.800. The lowest BCUT2D eigenvalue weighted by Crippen LogP contribution is -2.28. The van der Waals surface area contributed by atoms with Crippen molar-refractivity contribution in [3.63, 3.8) is 0 Å². The summed E-state index contributed by atoms with van der Waals surface area (Å²) in [4.78, 5) is 10.4. The molecule has 0 aliphatic carbocycles. The number of carboxylic acids is 1. The van der Waals surface area contributed by atoms with Crippen LogP contribution in [0.5, 0.6) is 0 Å². The number of nitrogens with two attached hydrogens (primary N) is 1. The third-order valence-corrected chi connectivity index (χ3v) is 1.48. The Morgan fingerprint density at radius 3 is 2.42 bits per heavy atom. The highest BCUT2D eigenvalue weighted by Crippen LogP contribution is 2.27. The maximum atomic E-state index is 10.4. The monoisotopic (exact) mass is 171 g/mol. The first-order valence-electron chi connectivity index (χ1n) is 3.44. The van der Waals surface area contributed by atoms with Gasteiger partial charge in [-0.2, -0.15) is 0 Å². The molecule has 7 heteroatoms. The Morgan fingerprint density at radius 1 is 1.42 bits per heavy atom. The van der Waals surface area contributed by atoms with E-state index in [2.05, 4.69) is 20.7 Å². The number of aliphatic carboxylic acids is 1. The van der Waals surface area contributed by atoms with Crippen LogP contribution in [-0.4, -0.2) is 23.3 Å². The van der Waals surface area contributed by atoms with Gasteiger partial charge in [0.25, 0.3) is 0 Å². The third kappa shape index (κ3) is 1.82. The van der Waals surface area contributed by atoms with Gasteiger partial charge in [0, 0.05) is 6.42 Å². The normalized spacial score (nSPS) is 18.4. The van der Waals surface area contributed by atoms with Crippen molar-refractivity contribution in [2.45, 2.75) is 18.5 Å². The minimum Gasteiger partial charge on any atom is -0.481 e. The topological polar surface area (TPSA) is 113 Å². The molecular formula is C5H9N5O2. The van der Waals surface area contributed by atoms with E-state index in [1.165, 1.54) is 0 Å². The minimum absolute atomic E-state index is 0.211. The van der Waals surface area contributed by atoms with Gasteiger partial charge < -0.3 is 10.8 Å². The molecular weight excluding hydrogens is 162 g/mol. The summed E-state index contributed by atoms with van der Waals surface area (Å²) in [5, 5.41) is 22.3. The number of nitrogens with zero attached hydrogens (tertiary/aromatic N) is 4. The van der Waals surface area contributed by atoms with Crippen molar-refractivity contribution < 1.29 is 9.90 Å². The SMILES string of the molecule is NCCC1(CC(=O)O)N=NN=N1. The van der Waals surface area contributed by atoms with Crippen LogP contribution in [0.3, 0.4) is 0 Å². The fourth-order valence-electron chi connectivity index (χ4n) is 0.959. The van der Waals surface area contributed by atoms with E-state index < -0.39 is 11.6 Å². The molecule has 0 bridgehead atoms. The second kappa shape index (κ2) is 3.35.